The van der Waals surface area contributed by atoms with Gasteiger partial charge < -0.3 is 5.73 Å². The minimum absolute atomic E-state index is 0.762. The Hall–Kier alpha value is -0.240. The summed E-state index contributed by atoms with van der Waals surface area (Å²) in [6, 6.07) is 7.83. The summed E-state index contributed by atoms with van der Waals surface area (Å²) in [6.45, 7) is 2.10. The zero-order valence-electron chi connectivity index (χ0n) is 6.29. The summed E-state index contributed by atoms with van der Waals surface area (Å²) in [7, 11) is 0.762. The highest BCUT2D eigenvalue weighted by Gasteiger charge is 1.90. The van der Waals surface area contributed by atoms with Crippen LogP contribution >= 0.6 is 20.7 Å². The van der Waals surface area contributed by atoms with Crippen LogP contribution in [0.3, 0.4) is 0 Å². The average molecular weight is 186 g/mol. The van der Waals surface area contributed by atoms with Crippen LogP contribution in [0.1, 0.15) is 0 Å². The minimum atomic E-state index is 0.762. The van der Waals surface area contributed by atoms with Gasteiger partial charge in [-0.3, -0.25) is 0 Å². The van der Waals surface area contributed by atoms with Crippen molar-refractivity contribution in [2.45, 2.75) is 4.90 Å². The molecule has 0 aromatic heterocycles. The van der Waals surface area contributed by atoms with Crippen LogP contribution < -0.4 is 10.2 Å². The standard InChI is InChI=1S/C7H11N2PS/c1-10-9-11-7-4-2-6(8)3-5-7/h2-5,9-10H,8H2,1H3. The maximum Gasteiger partial charge on any atom is 0.0314 e. The summed E-state index contributed by atoms with van der Waals surface area (Å²) in [4.78, 5) is 1.20. The summed E-state index contributed by atoms with van der Waals surface area (Å²) in [5, 5.41) is 0. The van der Waals surface area contributed by atoms with Crippen molar-refractivity contribution in [1.29, 1.82) is 0 Å². The average Bonchev–Trinajstić information content (AvgIpc) is 2.04. The number of anilines is 1. The summed E-state index contributed by atoms with van der Waals surface area (Å²) in [5.74, 6) is 0. The first-order valence-electron chi connectivity index (χ1n) is 3.27. The zero-order chi connectivity index (χ0) is 8.10. The van der Waals surface area contributed by atoms with Gasteiger partial charge in [0.1, 0.15) is 0 Å². The number of nitrogens with one attached hydrogen (secondary N) is 1. The molecule has 1 atom stereocenters. The van der Waals surface area contributed by atoms with Gasteiger partial charge in [-0.25, -0.2) is 4.49 Å². The van der Waals surface area contributed by atoms with Gasteiger partial charge in [-0.2, -0.15) is 0 Å². The second kappa shape index (κ2) is 4.60. The van der Waals surface area contributed by atoms with E-state index in [1.807, 2.05) is 24.3 Å². The summed E-state index contributed by atoms with van der Waals surface area (Å²) in [6.07, 6.45) is 0. The fourth-order valence-corrected chi connectivity index (χ4v) is 1.80. The lowest BCUT2D eigenvalue weighted by atomic mass is 10.3. The molecule has 4 heteroatoms. The lowest BCUT2D eigenvalue weighted by molar-refractivity contribution is 1.45. The molecule has 0 amide bonds. The van der Waals surface area contributed by atoms with Gasteiger partial charge in [-0.1, -0.05) is 0 Å². The van der Waals surface area contributed by atoms with E-state index in [2.05, 4.69) is 11.2 Å². The predicted molar refractivity (Wildman–Crippen MR) is 54.1 cm³/mol. The molecule has 0 heterocycles. The van der Waals surface area contributed by atoms with Crippen LogP contribution in [0.4, 0.5) is 5.69 Å². The van der Waals surface area contributed by atoms with E-state index in [0.717, 1.165) is 14.4 Å². The maximum atomic E-state index is 5.53. The van der Waals surface area contributed by atoms with E-state index < -0.39 is 0 Å². The number of benzene rings is 1. The Labute approximate surface area is 72.9 Å². The van der Waals surface area contributed by atoms with Crippen molar-refractivity contribution in [3.05, 3.63) is 24.3 Å². The van der Waals surface area contributed by atoms with Crippen LogP contribution in [0.15, 0.2) is 29.2 Å². The van der Waals surface area contributed by atoms with Gasteiger partial charge in [0.25, 0.3) is 0 Å². The smallest absolute Gasteiger partial charge is 0.0314 e. The Morgan fingerprint density at radius 3 is 2.55 bits per heavy atom. The van der Waals surface area contributed by atoms with Crippen LogP contribution in [0.5, 0.6) is 0 Å². The first kappa shape index (κ1) is 8.85. The molecule has 0 aliphatic rings. The molecule has 60 valence electrons. The Kier molecular flexibility index (Phi) is 3.70. The molecule has 3 N–H and O–H groups in total. The minimum Gasteiger partial charge on any atom is -0.399 e. The van der Waals surface area contributed by atoms with Crippen LogP contribution in [0.2, 0.25) is 0 Å². The largest absolute Gasteiger partial charge is 0.399 e. The lowest BCUT2D eigenvalue weighted by Gasteiger charge is -2.00. The number of hydrogen-bond donors (Lipinski definition) is 2. The topological polar surface area (TPSA) is 38.0 Å². The molecule has 1 aromatic carbocycles. The highest BCUT2D eigenvalue weighted by molar-refractivity contribution is 8.00. The molecule has 0 aliphatic heterocycles. The van der Waals surface area contributed by atoms with Crippen molar-refractivity contribution in [2.75, 3.05) is 12.4 Å². The van der Waals surface area contributed by atoms with Crippen molar-refractivity contribution in [3.63, 3.8) is 0 Å². The van der Waals surface area contributed by atoms with Crippen molar-refractivity contribution >= 4 is 26.4 Å². The van der Waals surface area contributed by atoms with E-state index in [1.165, 1.54) is 4.90 Å². The van der Waals surface area contributed by atoms with Crippen molar-refractivity contribution in [1.82, 2.24) is 4.49 Å². The molecule has 1 rings (SSSR count). The van der Waals surface area contributed by atoms with E-state index in [4.69, 9.17) is 5.73 Å². The number of nitrogen functional groups attached to an aromatic ring is 1. The van der Waals surface area contributed by atoms with E-state index in [9.17, 15) is 0 Å². The molecule has 1 aromatic rings. The van der Waals surface area contributed by atoms with Gasteiger partial charge in [0.2, 0.25) is 0 Å². The molecule has 0 saturated carbocycles. The summed E-state index contributed by atoms with van der Waals surface area (Å²) < 4.78 is 3.19. The molecule has 0 bridgehead atoms. The summed E-state index contributed by atoms with van der Waals surface area (Å²) in [5.41, 5.74) is 6.34. The first-order chi connectivity index (χ1) is 5.33. The Morgan fingerprint density at radius 1 is 1.36 bits per heavy atom. The fourth-order valence-electron chi connectivity index (χ4n) is 0.646. The van der Waals surface area contributed by atoms with E-state index in [-0.39, 0.29) is 0 Å². The third-order valence-electron chi connectivity index (χ3n) is 1.15. The molecular weight excluding hydrogens is 175 g/mol. The van der Waals surface area contributed by atoms with Gasteiger partial charge in [0, 0.05) is 10.6 Å². The van der Waals surface area contributed by atoms with Crippen LogP contribution in [-0.4, -0.2) is 6.66 Å². The highest BCUT2D eigenvalue weighted by atomic mass is 32.2. The number of rotatable bonds is 3. The summed E-state index contributed by atoms with van der Waals surface area (Å²) >= 11 is 1.64. The molecule has 0 spiro atoms. The number of nitrogens with two attached hydrogens (primary N) is 1. The Balaban J connectivity index is 2.52. The maximum absolute atomic E-state index is 5.53. The van der Waals surface area contributed by atoms with Gasteiger partial charge in [-0.15, -0.1) is 0 Å². The van der Waals surface area contributed by atoms with Crippen LogP contribution in [0, 0.1) is 0 Å². The van der Waals surface area contributed by atoms with Gasteiger partial charge in [0.15, 0.2) is 0 Å². The monoisotopic (exact) mass is 186 g/mol. The fraction of sp³-hybridized carbons (Fsp3) is 0.143. The highest BCUT2D eigenvalue weighted by Crippen LogP contribution is 2.18. The lowest BCUT2D eigenvalue weighted by Crippen LogP contribution is -1.86. The van der Waals surface area contributed by atoms with Crippen LogP contribution in [0.25, 0.3) is 0 Å². The zero-order valence-corrected chi connectivity index (χ0v) is 8.11. The molecule has 0 aliphatic carbocycles. The number of hydrogen-bond acceptors (Lipinski definition) is 3. The molecule has 0 radical (unpaired) electrons. The van der Waals surface area contributed by atoms with E-state index >= 15 is 0 Å². The normalized spacial score (nSPS) is 11.0. The van der Waals surface area contributed by atoms with Gasteiger partial charge in [-0.05, 0) is 51.6 Å². The second-order valence-electron chi connectivity index (χ2n) is 2.02. The third kappa shape index (κ3) is 3.10. The van der Waals surface area contributed by atoms with E-state index in [1.54, 1.807) is 11.9 Å². The van der Waals surface area contributed by atoms with Gasteiger partial charge in [0.05, 0.1) is 0 Å². The van der Waals surface area contributed by atoms with Gasteiger partial charge >= 0.3 is 0 Å². The quantitative estimate of drug-likeness (QED) is 0.431. The van der Waals surface area contributed by atoms with E-state index in [0.29, 0.717) is 0 Å². The SMILES string of the molecule is CPNSc1ccc(N)cc1. The van der Waals surface area contributed by atoms with Crippen molar-refractivity contribution in [2.24, 2.45) is 0 Å². The molecular formula is C7H11N2PS. The Bertz CT molecular complexity index is 212. The molecule has 11 heavy (non-hydrogen) atoms. The third-order valence-corrected chi connectivity index (χ3v) is 2.88. The van der Waals surface area contributed by atoms with Crippen molar-refractivity contribution < 1.29 is 0 Å². The molecule has 1 unspecified atom stereocenters. The molecule has 2 nitrogen and oxygen atoms in total. The molecule has 0 fully saturated rings. The Morgan fingerprint density at radius 2 is 2.00 bits per heavy atom. The second-order valence-corrected chi connectivity index (χ2v) is 4.02. The van der Waals surface area contributed by atoms with Crippen LogP contribution in [-0.2, 0) is 0 Å². The first-order valence-corrected chi connectivity index (χ1v) is 5.58. The van der Waals surface area contributed by atoms with Crippen molar-refractivity contribution in [3.8, 4) is 0 Å². The predicted octanol–water partition coefficient (Wildman–Crippen LogP) is 2.09. The molecule has 0 saturated heterocycles.